The van der Waals surface area contributed by atoms with Gasteiger partial charge >= 0.3 is 6.03 Å². The fourth-order valence-electron chi connectivity index (χ4n) is 2.24. The van der Waals surface area contributed by atoms with Crippen LogP contribution in [-0.4, -0.2) is 22.9 Å². The lowest BCUT2D eigenvalue weighted by Gasteiger charge is -2.31. The number of carbonyl (C=O) groups excluding carboxylic acids is 2. The molecule has 1 N–H and O–H groups in total. The minimum atomic E-state index is -0.560. The summed E-state index contributed by atoms with van der Waals surface area (Å²) in [5, 5.41) is 13.5. The van der Waals surface area contributed by atoms with Crippen molar-refractivity contribution >= 4 is 23.3 Å². The van der Waals surface area contributed by atoms with Crippen LogP contribution in [-0.2, 0) is 4.79 Å². The van der Waals surface area contributed by atoms with Gasteiger partial charge in [-0.1, -0.05) is 19.4 Å². The second kappa shape index (κ2) is 5.68. The minimum absolute atomic E-state index is 0.154. The smallest absolute Gasteiger partial charge is 0.328 e. The molecule has 1 aliphatic rings. The molecule has 1 aromatic rings. The van der Waals surface area contributed by atoms with Crippen LogP contribution in [0.2, 0.25) is 0 Å². The van der Waals surface area contributed by atoms with Gasteiger partial charge in [0.25, 0.3) is 5.69 Å². The Morgan fingerprint density at radius 3 is 2.80 bits per heavy atom. The van der Waals surface area contributed by atoms with Gasteiger partial charge in [-0.15, -0.1) is 0 Å². The number of anilines is 1. The van der Waals surface area contributed by atoms with Crippen molar-refractivity contribution in [1.82, 2.24) is 5.32 Å². The standard InChI is InChI=1S/C13H15N3O4/c1-2-4-9-7-12(17)15(13(18)14-9)10-5-3-6-11(8-10)16(19)20/h3,5-6,8-9H,2,4,7H2,1H3,(H,14,18). The van der Waals surface area contributed by atoms with Crippen molar-refractivity contribution in [2.45, 2.75) is 32.2 Å². The number of carbonyl (C=O) groups is 2. The first-order valence-corrected chi connectivity index (χ1v) is 6.41. The number of nitrogens with zero attached hydrogens (tertiary/aromatic N) is 2. The zero-order valence-corrected chi connectivity index (χ0v) is 11.0. The van der Waals surface area contributed by atoms with E-state index in [1.165, 1.54) is 24.3 Å². The molecule has 1 saturated heterocycles. The van der Waals surface area contributed by atoms with Gasteiger partial charge in [0, 0.05) is 24.6 Å². The Morgan fingerprint density at radius 2 is 2.20 bits per heavy atom. The van der Waals surface area contributed by atoms with E-state index >= 15 is 0 Å². The Kier molecular flexibility index (Phi) is 3.97. The summed E-state index contributed by atoms with van der Waals surface area (Å²) in [5.41, 5.74) is 0.0652. The number of hydrogen-bond acceptors (Lipinski definition) is 4. The van der Waals surface area contributed by atoms with E-state index in [4.69, 9.17) is 0 Å². The van der Waals surface area contributed by atoms with Crippen LogP contribution >= 0.6 is 0 Å². The van der Waals surface area contributed by atoms with E-state index in [1.54, 1.807) is 0 Å². The number of benzene rings is 1. The summed E-state index contributed by atoms with van der Waals surface area (Å²) in [7, 11) is 0. The van der Waals surface area contributed by atoms with Crippen LogP contribution in [0.15, 0.2) is 24.3 Å². The molecule has 0 aromatic heterocycles. The zero-order chi connectivity index (χ0) is 14.7. The fourth-order valence-corrected chi connectivity index (χ4v) is 2.24. The third kappa shape index (κ3) is 2.76. The van der Waals surface area contributed by atoms with E-state index in [2.05, 4.69) is 5.32 Å². The second-order valence-corrected chi connectivity index (χ2v) is 4.65. The molecule has 7 heteroatoms. The van der Waals surface area contributed by atoms with Crippen molar-refractivity contribution in [2.24, 2.45) is 0 Å². The Morgan fingerprint density at radius 1 is 1.45 bits per heavy atom. The Hall–Kier alpha value is -2.44. The average Bonchev–Trinajstić information content (AvgIpc) is 2.38. The lowest BCUT2D eigenvalue weighted by molar-refractivity contribution is -0.384. The first kappa shape index (κ1) is 14.0. The Bertz CT molecular complexity index is 540. The third-order valence-corrected chi connectivity index (χ3v) is 3.14. The van der Waals surface area contributed by atoms with Crippen LogP contribution in [0.25, 0.3) is 0 Å². The van der Waals surface area contributed by atoms with Gasteiger partial charge in [-0.25, -0.2) is 9.69 Å². The number of amides is 3. The molecule has 1 fully saturated rings. The van der Waals surface area contributed by atoms with Crippen LogP contribution in [0.5, 0.6) is 0 Å². The molecule has 0 radical (unpaired) electrons. The molecule has 7 nitrogen and oxygen atoms in total. The summed E-state index contributed by atoms with van der Waals surface area (Å²) >= 11 is 0. The third-order valence-electron chi connectivity index (χ3n) is 3.14. The molecule has 1 heterocycles. The molecule has 1 aromatic carbocycles. The molecule has 1 unspecified atom stereocenters. The molecular formula is C13H15N3O4. The van der Waals surface area contributed by atoms with E-state index in [0.29, 0.717) is 0 Å². The monoisotopic (exact) mass is 277 g/mol. The summed E-state index contributed by atoms with van der Waals surface area (Å²) in [6.07, 6.45) is 1.82. The first-order valence-electron chi connectivity index (χ1n) is 6.41. The van der Waals surface area contributed by atoms with Gasteiger partial charge in [-0.2, -0.15) is 0 Å². The van der Waals surface area contributed by atoms with Gasteiger partial charge < -0.3 is 5.32 Å². The van der Waals surface area contributed by atoms with Crippen molar-refractivity contribution in [3.05, 3.63) is 34.4 Å². The molecule has 1 aliphatic heterocycles. The van der Waals surface area contributed by atoms with Crippen molar-refractivity contribution < 1.29 is 14.5 Å². The molecule has 106 valence electrons. The van der Waals surface area contributed by atoms with Crippen molar-refractivity contribution in [2.75, 3.05) is 4.90 Å². The van der Waals surface area contributed by atoms with Crippen molar-refractivity contribution in [1.29, 1.82) is 0 Å². The van der Waals surface area contributed by atoms with Crippen molar-refractivity contribution in [3.63, 3.8) is 0 Å². The Balaban J connectivity index is 2.24. The zero-order valence-electron chi connectivity index (χ0n) is 11.0. The van der Waals surface area contributed by atoms with Crippen molar-refractivity contribution in [3.8, 4) is 0 Å². The highest BCUT2D eigenvalue weighted by atomic mass is 16.6. The van der Waals surface area contributed by atoms with E-state index < -0.39 is 11.0 Å². The molecule has 0 bridgehead atoms. The van der Waals surface area contributed by atoms with Gasteiger partial charge in [-0.05, 0) is 12.5 Å². The number of rotatable bonds is 4. The highest BCUT2D eigenvalue weighted by Crippen LogP contribution is 2.24. The molecule has 0 aliphatic carbocycles. The van der Waals surface area contributed by atoms with E-state index in [-0.39, 0.29) is 29.7 Å². The predicted octanol–water partition coefficient (Wildman–Crippen LogP) is 2.21. The van der Waals surface area contributed by atoms with Crippen LogP contribution in [0.1, 0.15) is 26.2 Å². The largest absolute Gasteiger partial charge is 0.334 e. The van der Waals surface area contributed by atoms with Crippen LogP contribution in [0.3, 0.4) is 0 Å². The summed E-state index contributed by atoms with van der Waals surface area (Å²) < 4.78 is 0. The number of urea groups is 1. The number of non-ortho nitro benzene ring substituents is 1. The molecule has 0 saturated carbocycles. The molecule has 0 spiro atoms. The lowest BCUT2D eigenvalue weighted by Crippen LogP contribution is -2.54. The fraction of sp³-hybridized carbons (Fsp3) is 0.385. The van der Waals surface area contributed by atoms with Crippen LogP contribution in [0.4, 0.5) is 16.2 Å². The topological polar surface area (TPSA) is 92.6 Å². The van der Waals surface area contributed by atoms with E-state index in [9.17, 15) is 19.7 Å². The maximum absolute atomic E-state index is 12.1. The number of hydrogen-bond donors (Lipinski definition) is 1. The number of nitro benzene ring substituents is 1. The van der Waals surface area contributed by atoms with Gasteiger partial charge in [0.15, 0.2) is 0 Å². The molecule has 20 heavy (non-hydrogen) atoms. The second-order valence-electron chi connectivity index (χ2n) is 4.65. The highest BCUT2D eigenvalue weighted by molar-refractivity contribution is 6.16. The normalized spacial score (nSPS) is 18.9. The summed E-state index contributed by atoms with van der Waals surface area (Å²) in [4.78, 5) is 35.2. The maximum Gasteiger partial charge on any atom is 0.328 e. The minimum Gasteiger partial charge on any atom is -0.334 e. The maximum atomic E-state index is 12.1. The molecule has 2 rings (SSSR count). The summed E-state index contributed by atoms with van der Waals surface area (Å²) in [6.45, 7) is 1.98. The highest BCUT2D eigenvalue weighted by Gasteiger charge is 2.33. The summed E-state index contributed by atoms with van der Waals surface area (Å²) in [5.74, 6) is -0.340. The van der Waals surface area contributed by atoms with Gasteiger partial charge in [-0.3, -0.25) is 14.9 Å². The first-order chi connectivity index (χ1) is 9.52. The predicted molar refractivity (Wildman–Crippen MR) is 72.4 cm³/mol. The van der Waals surface area contributed by atoms with Crippen LogP contribution < -0.4 is 10.2 Å². The van der Waals surface area contributed by atoms with E-state index in [1.807, 2.05) is 6.92 Å². The van der Waals surface area contributed by atoms with Gasteiger partial charge in [0.2, 0.25) is 5.91 Å². The molecule has 3 amide bonds. The number of nitrogens with one attached hydrogen (secondary N) is 1. The number of nitro groups is 1. The van der Waals surface area contributed by atoms with E-state index in [0.717, 1.165) is 17.7 Å². The molecular weight excluding hydrogens is 262 g/mol. The quantitative estimate of drug-likeness (QED) is 0.674. The number of imide groups is 1. The van der Waals surface area contributed by atoms with Crippen LogP contribution in [0, 0.1) is 10.1 Å². The molecule has 1 atom stereocenters. The SMILES string of the molecule is CCCC1CC(=O)N(c2cccc([N+](=O)[O-])c2)C(=O)N1. The summed E-state index contributed by atoms with van der Waals surface area (Å²) in [6, 6.07) is 4.81. The van der Waals surface area contributed by atoms with Gasteiger partial charge in [0.05, 0.1) is 10.6 Å². The Labute approximate surface area is 115 Å². The lowest BCUT2D eigenvalue weighted by atomic mass is 10.1. The average molecular weight is 277 g/mol. The van der Waals surface area contributed by atoms with Gasteiger partial charge in [0.1, 0.15) is 0 Å².